The Kier molecular flexibility index (Phi) is 3.88. The number of aromatic nitrogens is 2. The van der Waals surface area contributed by atoms with Gasteiger partial charge in [0.05, 0.1) is 5.60 Å². The van der Waals surface area contributed by atoms with Crippen molar-refractivity contribution in [1.29, 1.82) is 0 Å². The van der Waals surface area contributed by atoms with Gasteiger partial charge in [0.1, 0.15) is 6.23 Å². The van der Waals surface area contributed by atoms with Crippen LogP contribution in [-0.4, -0.2) is 35.2 Å². The van der Waals surface area contributed by atoms with Crippen molar-refractivity contribution in [1.82, 2.24) is 9.78 Å². The third-order valence-corrected chi connectivity index (χ3v) is 3.91. The van der Waals surface area contributed by atoms with Gasteiger partial charge in [-0.05, 0) is 46.5 Å². The third kappa shape index (κ3) is 3.08. The molecule has 3 heterocycles. The van der Waals surface area contributed by atoms with Gasteiger partial charge in [0.25, 0.3) is 0 Å². The highest BCUT2D eigenvalue weighted by molar-refractivity contribution is 6.61. The summed E-state index contributed by atoms with van der Waals surface area (Å²) in [7, 11) is -0.328. The lowest BCUT2D eigenvalue weighted by Crippen LogP contribution is -2.51. The first kappa shape index (κ1) is 14.1. The fourth-order valence-corrected chi connectivity index (χ4v) is 3.03. The predicted molar refractivity (Wildman–Crippen MR) is 76.8 cm³/mol. The summed E-state index contributed by atoms with van der Waals surface area (Å²) in [5.41, 5.74) is 0.810. The van der Waals surface area contributed by atoms with Crippen molar-refractivity contribution in [3.05, 3.63) is 12.4 Å². The minimum atomic E-state index is -0.328. The Morgan fingerprint density at radius 2 is 2.25 bits per heavy atom. The van der Waals surface area contributed by atoms with E-state index < -0.39 is 0 Å². The highest BCUT2D eigenvalue weighted by atomic mass is 16.6. The van der Waals surface area contributed by atoms with Crippen molar-refractivity contribution >= 4 is 12.6 Å². The maximum atomic E-state index is 6.01. The average molecular weight is 278 g/mol. The van der Waals surface area contributed by atoms with E-state index in [1.54, 1.807) is 0 Å². The zero-order chi connectivity index (χ0) is 14.2. The molecule has 20 heavy (non-hydrogen) atoms. The van der Waals surface area contributed by atoms with Crippen LogP contribution in [-0.2, 0) is 14.0 Å². The van der Waals surface area contributed by atoms with Gasteiger partial charge in [-0.1, -0.05) is 0 Å². The first-order chi connectivity index (χ1) is 9.53. The molecular formula is C14H23BN2O3. The predicted octanol–water partition coefficient (Wildman–Crippen LogP) is 1.88. The smallest absolute Gasteiger partial charge is 0.405 e. The molecule has 2 fully saturated rings. The monoisotopic (exact) mass is 278 g/mol. The molecule has 0 bridgehead atoms. The lowest BCUT2D eigenvalue weighted by molar-refractivity contribution is -0.0395. The van der Waals surface area contributed by atoms with Crippen LogP contribution >= 0.6 is 0 Å². The Labute approximate surface area is 120 Å². The van der Waals surface area contributed by atoms with Crippen LogP contribution in [0.4, 0.5) is 0 Å². The van der Waals surface area contributed by atoms with Crippen molar-refractivity contribution in [2.75, 3.05) is 6.61 Å². The second-order valence-corrected chi connectivity index (χ2v) is 6.44. The van der Waals surface area contributed by atoms with Crippen LogP contribution in [0.15, 0.2) is 12.4 Å². The summed E-state index contributed by atoms with van der Waals surface area (Å²) < 4.78 is 19.5. The first-order valence-corrected chi connectivity index (χ1v) is 7.52. The SMILES string of the molecule is C[C@H]1CC(C)(C)OB(c2cnn([C@H]3CCCCO3)c2)O1. The second-order valence-electron chi connectivity index (χ2n) is 6.44. The Hall–Kier alpha value is -0.845. The Balaban J connectivity index is 1.72. The van der Waals surface area contributed by atoms with Crippen LogP contribution in [0.5, 0.6) is 0 Å². The number of nitrogens with zero attached hydrogens (tertiary/aromatic N) is 2. The maximum Gasteiger partial charge on any atom is 0.497 e. The summed E-state index contributed by atoms with van der Waals surface area (Å²) in [6, 6.07) is 0. The fourth-order valence-electron chi connectivity index (χ4n) is 3.03. The molecule has 1 aromatic heterocycles. The molecule has 110 valence electrons. The minimum absolute atomic E-state index is 0.0616. The molecule has 2 atom stereocenters. The molecule has 2 aliphatic rings. The largest absolute Gasteiger partial charge is 0.497 e. The molecule has 0 N–H and O–H groups in total. The van der Waals surface area contributed by atoms with E-state index in [0.717, 1.165) is 31.3 Å². The lowest BCUT2D eigenvalue weighted by Gasteiger charge is -2.37. The van der Waals surface area contributed by atoms with Crippen LogP contribution in [0.1, 0.15) is 52.7 Å². The average Bonchev–Trinajstić information content (AvgIpc) is 2.87. The van der Waals surface area contributed by atoms with E-state index in [9.17, 15) is 0 Å². The van der Waals surface area contributed by atoms with E-state index in [0.29, 0.717) is 0 Å². The summed E-state index contributed by atoms with van der Waals surface area (Å²) in [4.78, 5) is 0. The van der Waals surface area contributed by atoms with Crippen molar-refractivity contribution in [3.8, 4) is 0 Å². The van der Waals surface area contributed by atoms with Gasteiger partial charge in [-0.25, -0.2) is 4.68 Å². The molecule has 0 spiro atoms. The minimum Gasteiger partial charge on any atom is -0.405 e. The van der Waals surface area contributed by atoms with Crippen LogP contribution in [0.3, 0.4) is 0 Å². The second kappa shape index (κ2) is 5.50. The molecule has 6 heteroatoms. The lowest BCUT2D eigenvalue weighted by atomic mass is 9.77. The van der Waals surface area contributed by atoms with Crippen molar-refractivity contribution in [3.63, 3.8) is 0 Å². The van der Waals surface area contributed by atoms with Crippen LogP contribution < -0.4 is 5.46 Å². The van der Waals surface area contributed by atoms with Crippen LogP contribution in [0, 0.1) is 0 Å². The van der Waals surface area contributed by atoms with Gasteiger partial charge in [-0.2, -0.15) is 5.10 Å². The molecule has 0 amide bonds. The molecule has 2 aliphatic heterocycles. The maximum absolute atomic E-state index is 6.01. The molecule has 0 saturated carbocycles. The molecule has 1 aromatic rings. The molecule has 0 radical (unpaired) electrons. The van der Waals surface area contributed by atoms with Crippen molar-refractivity contribution < 1.29 is 14.0 Å². The molecule has 0 aliphatic carbocycles. The van der Waals surface area contributed by atoms with Gasteiger partial charge in [0.2, 0.25) is 0 Å². The van der Waals surface area contributed by atoms with Gasteiger partial charge >= 0.3 is 7.12 Å². The fraction of sp³-hybridized carbons (Fsp3) is 0.786. The van der Waals surface area contributed by atoms with E-state index in [1.807, 2.05) is 17.1 Å². The van der Waals surface area contributed by atoms with Crippen molar-refractivity contribution in [2.45, 2.75) is 64.4 Å². The number of rotatable bonds is 2. The van der Waals surface area contributed by atoms with Gasteiger partial charge in [0.15, 0.2) is 0 Å². The Bertz CT molecular complexity index is 457. The molecule has 3 rings (SSSR count). The zero-order valence-corrected chi connectivity index (χ0v) is 12.5. The first-order valence-electron chi connectivity index (χ1n) is 7.52. The highest BCUT2D eigenvalue weighted by Crippen LogP contribution is 2.26. The van der Waals surface area contributed by atoms with E-state index in [-0.39, 0.29) is 25.1 Å². The third-order valence-electron chi connectivity index (χ3n) is 3.91. The normalized spacial score (nSPS) is 30.4. The molecule has 0 unspecified atom stereocenters. The van der Waals surface area contributed by atoms with E-state index in [1.165, 1.54) is 6.42 Å². The molecule has 0 aromatic carbocycles. The number of hydrogen-bond acceptors (Lipinski definition) is 4. The highest BCUT2D eigenvalue weighted by Gasteiger charge is 2.39. The van der Waals surface area contributed by atoms with Crippen LogP contribution in [0.2, 0.25) is 0 Å². The Morgan fingerprint density at radius 3 is 2.95 bits per heavy atom. The summed E-state index contributed by atoms with van der Waals surface area (Å²) in [5, 5.41) is 4.42. The van der Waals surface area contributed by atoms with Gasteiger partial charge in [-0.3, -0.25) is 0 Å². The topological polar surface area (TPSA) is 45.5 Å². The molecular weight excluding hydrogens is 255 g/mol. The van der Waals surface area contributed by atoms with Gasteiger partial charge in [0, 0.05) is 30.6 Å². The zero-order valence-electron chi connectivity index (χ0n) is 12.5. The number of ether oxygens (including phenoxy) is 1. The van der Waals surface area contributed by atoms with Gasteiger partial charge in [-0.15, -0.1) is 0 Å². The standard InChI is InChI=1S/C14H23BN2O3/c1-11-8-14(2,3)20-15(19-11)12-9-16-17(10-12)13-6-4-5-7-18-13/h9-11,13H,4-8H2,1-3H3/t11-,13+/m0/s1. The van der Waals surface area contributed by atoms with Crippen LogP contribution in [0.25, 0.3) is 0 Å². The number of hydrogen-bond donors (Lipinski definition) is 0. The molecule has 5 nitrogen and oxygen atoms in total. The summed E-state index contributed by atoms with van der Waals surface area (Å²) in [6.07, 6.45) is 8.35. The quantitative estimate of drug-likeness (QED) is 0.775. The van der Waals surface area contributed by atoms with E-state index in [4.69, 9.17) is 14.0 Å². The summed E-state index contributed by atoms with van der Waals surface area (Å²) in [6.45, 7) is 7.12. The van der Waals surface area contributed by atoms with E-state index >= 15 is 0 Å². The Morgan fingerprint density at radius 1 is 1.40 bits per heavy atom. The van der Waals surface area contributed by atoms with Crippen molar-refractivity contribution in [2.24, 2.45) is 0 Å². The summed E-state index contributed by atoms with van der Waals surface area (Å²) in [5.74, 6) is 0. The summed E-state index contributed by atoms with van der Waals surface area (Å²) >= 11 is 0. The van der Waals surface area contributed by atoms with E-state index in [2.05, 4.69) is 25.9 Å². The van der Waals surface area contributed by atoms with Gasteiger partial charge < -0.3 is 14.0 Å². The molecule has 2 saturated heterocycles.